The minimum Gasteiger partial charge on any atom is -0.288 e. The maximum atomic E-state index is 12.6. The van der Waals surface area contributed by atoms with Crippen LogP contribution in [0.4, 0.5) is 0 Å². The quantitative estimate of drug-likeness (QED) is 0.347. The molecule has 30 heavy (non-hydrogen) atoms. The summed E-state index contributed by atoms with van der Waals surface area (Å²) >= 11 is 0. The summed E-state index contributed by atoms with van der Waals surface area (Å²) in [5, 5.41) is 4.43. The molecular weight excluding hydrogens is 380 g/mol. The highest BCUT2D eigenvalue weighted by Gasteiger charge is 2.29. The van der Waals surface area contributed by atoms with Crippen molar-refractivity contribution in [3.05, 3.63) is 83.2 Å². The average molecular weight is 404 g/mol. The molecule has 1 heterocycles. The minimum absolute atomic E-state index is 0.0175. The smallest absolute Gasteiger partial charge is 0.288 e. The molecule has 0 bridgehead atoms. The molecule has 0 amide bonds. The summed E-state index contributed by atoms with van der Waals surface area (Å²) < 4.78 is 1.86. The van der Waals surface area contributed by atoms with Crippen molar-refractivity contribution in [1.29, 1.82) is 0 Å². The number of rotatable bonds is 6. The van der Waals surface area contributed by atoms with Gasteiger partial charge in [0.05, 0.1) is 11.8 Å². The lowest BCUT2D eigenvalue weighted by Crippen LogP contribution is -2.24. The fourth-order valence-corrected chi connectivity index (χ4v) is 4.12. The number of fused-ring (bicyclic) bond motifs is 1. The molecule has 0 saturated carbocycles. The van der Waals surface area contributed by atoms with Gasteiger partial charge in [0.15, 0.2) is 11.5 Å². The van der Waals surface area contributed by atoms with E-state index in [1.807, 2.05) is 53.3 Å². The third-order valence-corrected chi connectivity index (χ3v) is 5.73. The zero-order valence-electron chi connectivity index (χ0n) is 17.1. The van der Waals surface area contributed by atoms with Crippen molar-refractivity contribution in [3.63, 3.8) is 0 Å². The summed E-state index contributed by atoms with van der Waals surface area (Å²) in [5.41, 5.74) is 3.55. The van der Waals surface area contributed by atoms with Gasteiger partial charge >= 0.3 is 5.97 Å². The van der Waals surface area contributed by atoms with E-state index in [-0.39, 0.29) is 11.7 Å². The summed E-state index contributed by atoms with van der Waals surface area (Å²) in [6.45, 7) is 4.24. The SMILES string of the molecule is CC(=O)OOc1cccc2c1CCC(Cn1cc(C(=O)c3ccccc3)cn1)C2C. The number of aromatic nitrogens is 2. The molecular formula is C24H24N2O4. The molecule has 2 atom stereocenters. The predicted octanol–water partition coefficient (Wildman–Crippen LogP) is 4.34. The zero-order chi connectivity index (χ0) is 21.1. The number of nitrogens with zero attached hydrogens (tertiary/aromatic N) is 2. The number of hydrogen-bond donors (Lipinski definition) is 0. The van der Waals surface area contributed by atoms with Crippen LogP contribution in [0.15, 0.2) is 60.9 Å². The summed E-state index contributed by atoms with van der Waals surface area (Å²) in [7, 11) is 0. The summed E-state index contributed by atoms with van der Waals surface area (Å²) in [6.07, 6.45) is 5.26. The van der Waals surface area contributed by atoms with E-state index in [0.29, 0.717) is 22.8 Å². The van der Waals surface area contributed by atoms with Gasteiger partial charge in [-0.3, -0.25) is 19.3 Å². The Balaban J connectivity index is 1.47. The minimum atomic E-state index is -0.478. The van der Waals surface area contributed by atoms with Crippen LogP contribution in [0.25, 0.3) is 0 Å². The topological polar surface area (TPSA) is 70.4 Å². The van der Waals surface area contributed by atoms with Crippen molar-refractivity contribution in [3.8, 4) is 5.75 Å². The number of benzene rings is 2. The third-order valence-electron chi connectivity index (χ3n) is 5.73. The van der Waals surface area contributed by atoms with E-state index < -0.39 is 5.97 Å². The molecule has 0 fully saturated rings. The van der Waals surface area contributed by atoms with Gasteiger partial charge in [0.25, 0.3) is 0 Å². The molecule has 0 N–H and O–H groups in total. The highest BCUT2D eigenvalue weighted by Crippen LogP contribution is 2.40. The van der Waals surface area contributed by atoms with Crippen LogP contribution in [0.5, 0.6) is 5.75 Å². The van der Waals surface area contributed by atoms with Gasteiger partial charge in [-0.25, -0.2) is 4.79 Å². The molecule has 154 valence electrons. The van der Waals surface area contributed by atoms with Crippen LogP contribution >= 0.6 is 0 Å². The van der Waals surface area contributed by atoms with Gasteiger partial charge < -0.3 is 0 Å². The molecule has 1 aliphatic carbocycles. The molecule has 0 spiro atoms. The molecule has 0 radical (unpaired) electrons. The van der Waals surface area contributed by atoms with E-state index in [1.54, 1.807) is 6.20 Å². The van der Waals surface area contributed by atoms with Crippen LogP contribution in [-0.2, 0) is 22.6 Å². The molecule has 6 nitrogen and oxygen atoms in total. The number of carbonyl (C=O) groups excluding carboxylic acids is 2. The number of carbonyl (C=O) groups is 2. The number of hydrogen-bond acceptors (Lipinski definition) is 5. The van der Waals surface area contributed by atoms with E-state index in [0.717, 1.165) is 24.9 Å². The van der Waals surface area contributed by atoms with E-state index in [1.165, 1.54) is 12.5 Å². The van der Waals surface area contributed by atoms with Crippen LogP contribution in [0, 0.1) is 5.92 Å². The Hall–Kier alpha value is -3.41. The number of ketones is 1. The van der Waals surface area contributed by atoms with Gasteiger partial charge in [0.1, 0.15) is 0 Å². The average Bonchev–Trinajstić information content (AvgIpc) is 3.23. The lowest BCUT2D eigenvalue weighted by atomic mass is 9.76. The van der Waals surface area contributed by atoms with Crippen molar-refractivity contribution in [1.82, 2.24) is 9.78 Å². The van der Waals surface area contributed by atoms with Crippen LogP contribution < -0.4 is 4.89 Å². The second-order valence-electron chi connectivity index (χ2n) is 7.72. The van der Waals surface area contributed by atoms with Crippen LogP contribution in [0.3, 0.4) is 0 Å². The van der Waals surface area contributed by atoms with E-state index >= 15 is 0 Å². The Morgan fingerprint density at radius 2 is 1.90 bits per heavy atom. The maximum absolute atomic E-state index is 12.6. The Morgan fingerprint density at radius 3 is 2.67 bits per heavy atom. The zero-order valence-corrected chi connectivity index (χ0v) is 17.1. The monoisotopic (exact) mass is 404 g/mol. The highest BCUT2D eigenvalue weighted by molar-refractivity contribution is 6.08. The van der Waals surface area contributed by atoms with E-state index in [4.69, 9.17) is 9.78 Å². The van der Waals surface area contributed by atoms with Gasteiger partial charge in [-0.15, -0.1) is 0 Å². The second kappa shape index (κ2) is 8.53. The molecule has 4 rings (SSSR count). The van der Waals surface area contributed by atoms with Crippen molar-refractivity contribution >= 4 is 11.8 Å². The Morgan fingerprint density at radius 1 is 1.10 bits per heavy atom. The normalized spacial score (nSPS) is 17.8. The molecule has 1 aromatic heterocycles. The third kappa shape index (κ3) is 4.13. The molecule has 3 aromatic rings. The second-order valence-corrected chi connectivity index (χ2v) is 7.72. The van der Waals surface area contributed by atoms with Gasteiger partial charge in [0, 0.05) is 30.8 Å². The Labute approximate surface area is 175 Å². The van der Waals surface area contributed by atoms with Crippen LogP contribution in [-0.4, -0.2) is 21.5 Å². The molecule has 6 heteroatoms. The Bertz CT molecular complexity index is 1060. The predicted molar refractivity (Wildman–Crippen MR) is 111 cm³/mol. The Kier molecular flexibility index (Phi) is 5.65. The molecule has 2 unspecified atom stereocenters. The fraction of sp³-hybridized carbons (Fsp3) is 0.292. The molecule has 2 aromatic carbocycles. The molecule has 0 aliphatic heterocycles. The van der Waals surface area contributed by atoms with Crippen molar-refractivity contribution < 1.29 is 19.4 Å². The van der Waals surface area contributed by atoms with Gasteiger partial charge in [-0.1, -0.05) is 49.4 Å². The van der Waals surface area contributed by atoms with Gasteiger partial charge in [-0.05, 0) is 36.3 Å². The molecule has 0 saturated heterocycles. The van der Waals surface area contributed by atoms with E-state index in [2.05, 4.69) is 18.1 Å². The lowest BCUT2D eigenvalue weighted by Gasteiger charge is -2.31. The fourth-order valence-electron chi connectivity index (χ4n) is 4.12. The highest BCUT2D eigenvalue weighted by atomic mass is 17.2. The van der Waals surface area contributed by atoms with Gasteiger partial charge in [-0.2, -0.15) is 5.10 Å². The van der Waals surface area contributed by atoms with Crippen molar-refractivity contribution in [2.75, 3.05) is 0 Å². The summed E-state index contributed by atoms with van der Waals surface area (Å²) in [4.78, 5) is 33.7. The first-order valence-electron chi connectivity index (χ1n) is 10.1. The van der Waals surface area contributed by atoms with Crippen molar-refractivity contribution in [2.24, 2.45) is 5.92 Å². The standard InChI is InChI=1S/C24H24N2O4/c1-16-19(11-12-22-21(16)9-6-10-23(22)30-29-17(2)27)14-26-15-20(13-25-26)24(28)18-7-4-3-5-8-18/h3-10,13,15-16,19H,11-12,14H2,1-2H3. The summed E-state index contributed by atoms with van der Waals surface area (Å²) in [5.74, 6) is 0.765. The summed E-state index contributed by atoms with van der Waals surface area (Å²) in [6, 6.07) is 15.1. The molecule has 1 aliphatic rings. The first-order valence-corrected chi connectivity index (χ1v) is 10.1. The lowest BCUT2D eigenvalue weighted by molar-refractivity contribution is -0.211. The van der Waals surface area contributed by atoms with E-state index in [9.17, 15) is 9.59 Å². The van der Waals surface area contributed by atoms with Crippen molar-refractivity contribution in [2.45, 2.75) is 39.2 Å². The first kappa shape index (κ1) is 19.9. The first-order chi connectivity index (χ1) is 14.5. The maximum Gasteiger partial charge on any atom is 0.352 e. The largest absolute Gasteiger partial charge is 0.352 e. The van der Waals surface area contributed by atoms with Gasteiger partial charge in [0.2, 0.25) is 0 Å². The van der Waals surface area contributed by atoms with Crippen LogP contribution in [0.1, 0.15) is 53.2 Å². The van der Waals surface area contributed by atoms with Crippen LogP contribution in [0.2, 0.25) is 0 Å².